The molecule has 0 bridgehead atoms. The van der Waals surface area contributed by atoms with E-state index in [-0.39, 0.29) is 23.9 Å². The van der Waals surface area contributed by atoms with E-state index in [0.29, 0.717) is 21.6 Å². The molecule has 4 rings (SSSR count). The van der Waals surface area contributed by atoms with E-state index in [2.05, 4.69) is 25.9 Å². The van der Waals surface area contributed by atoms with Crippen molar-refractivity contribution in [2.45, 2.75) is 26.5 Å². The van der Waals surface area contributed by atoms with Gasteiger partial charge in [0, 0.05) is 18.3 Å². The van der Waals surface area contributed by atoms with Gasteiger partial charge < -0.3 is 4.74 Å². The SMILES string of the molecule is Cc1nc2cnc(Br)cn2c1CN1C(=O)[C@H](C)Oc2c(F)cc(F)cc21. The molecule has 0 N–H and O–H groups in total. The quantitative estimate of drug-likeness (QED) is 0.634. The van der Waals surface area contributed by atoms with E-state index in [4.69, 9.17) is 4.74 Å². The van der Waals surface area contributed by atoms with E-state index in [9.17, 15) is 13.6 Å². The fraction of sp³-hybridized carbons (Fsp3) is 0.235. The van der Waals surface area contributed by atoms with Crippen molar-refractivity contribution in [1.82, 2.24) is 14.4 Å². The number of aromatic nitrogens is 3. The molecule has 1 amide bonds. The monoisotopic (exact) mass is 422 g/mol. The summed E-state index contributed by atoms with van der Waals surface area (Å²) in [4.78, 5) is 22.5. The number of amides is 1. The molecule has 0 saturated carbocycles. The highest BCUT2D eigenvalue weighted by Gasteiger charge is 2.35. The first-order valence-corrected chi connectivity index (χ1v) is 8.60. The Bertz CT molecular complexity index is 1050. The number of carbonyl (C=O) groups is 1. The van der Waals surface area contributed by atoms with Crippen molar-refractivity contribution >= 4 is 33.2 Å². The maximum atomic E-state index is 14.1. The van der Waals surface area contributed by atoms with Gasteiger partial charge in [-0.25, -0.2) is 18.7 Å². The minimum absolute atomic E-state index is 0.0630. The Balaban J connectivity index is 1.85. The number of fused-ring (bicyclic) bond motifs is 2. The van der Waals surface area contributed by atoms with Gasteiger partial charge in [-0.2, -0.15) is 0 Å². The van der Waals surface area contributed by atoms with E-state index >= 15 is 0 Å². The molecule has 1 aromatic carbocycles. The zero-order valence-corrected chi connectivity index (χ0v) is 15.4. The van der Waals surface area contributed by atoms with Crippen LogP contribution in [0.2, 0.25) is 0 Å². The van der Waals surface area contributed by atoms with Crippen molar-refractivity contribution in [3.05, 3.63) is 52.2 Å². The molecule has 134 valence electrons. The Labute approximate surface area is 155 Å². The van der Waals surface area contributed by atoms with Gasteiger partial charge in [-0.3, -0.25) is 14.1 Å². The smallest absolute Gasteiger partial charge is 0.268 e. The first-order chi connectivity index (χ1) is 12.3. The third-order valence-electron chi connectivity index (χ3n) is 4.27. The molecule has 0 unspecified atom stereocenters. The number of rotatable bonds is 2. The van der Waals surface area contributed by atoms with Crippen molar-refractivity contribution in [2.75, 3.05) is 4.90 Å². The predicted octanol–water partition coefficient (Wildman–Crippen LogP) is 3.39. The molecule has 0 spiro atoms. The first-order valence-electron chi connectivity index (χ1n) is 7.81. The number of hydrogen-bond acceptors (Lipinski definition) is 4. The van der Waals surface area contributed by atoms with Gasteiger partial charge in [-0.1, -0.05) is 0 Å². The van der Waals surface area contributed by atoms with Crippen molar-refractivity contribution in [3.63, 3.8) is 0 Å². The lowest BCUT2D eigenvalue weighted by Crippen LogP contribution is -2.44. The van der Waals surface area contributed by atoms with Gasteiger partial charge in [0.15, 0.2) is 23.3 Å². The van der Waals surface area contributed by atoms with Crippen molar-refractivity contribution in [1.29, 1.82) is 0 Å². The van der Waals surface area contributed by atoms with Gasteiger partial charge in [-0.05, 0) is 29.8 Å². The standard InChI is InChI=1S/C17H13BrF2N4O2/c1-8-13(23-7-14(18)21-5-15(23)22-8)6-24-12-4-10(19)3-11(20)16(12)26-9(2)17(24)25/h3-5,7,9H,6H2,1-2H3/t9-/m0/s1. The number of carbonyl (C=O) groups excluding carboxylic acids is 1. The van der Waals surface area contributed by atoms with Crippen LogP contribution in [0.15, 0.2) is 29.1 Å². The topological polar surface area (TPSA) is 59.7 Å². The lowest BCUT2D eigenvalue weighted by Gasteiger charge is -2.33. The summed E-state index contributed by atoms with van der Waals surface area (Å²) in [6.07, 6.45) is 2.44. The lowest BCUT2D eigenvalue weighted by molar-refractivity contribution is -0.125. The molecule has 9 heteroatoms. The molecule has 6 nitrogen and oxygen atoms in total. The summed E-state index contributed by atoms with van der Waals surface area (Å²) in [5.74, 6) is -2.14. The third kappa shape index (κ3) is 2.63. The molecular formula is C17H13BrF2N4O2. The highest BCUT2D eigenvalue weighted by molar-refractivity contribution is 9.10. The van der Waals surface area contributed by atoms with Crippen LogP contribution in [0.5, 0.6) is 5.75 Å². The molecule has 1 aliphatic heterocycles. The first kappa shape index (κ1) is 16.9. The number of nitrogens with zero attached hydrogens (tertiary/aromatic N) is 4. The molecular weight excluding hydrogens is 410 g/mol. The molecule has 1 aliphatic rings. The van der Waals surface area contributed by atoms with Crippen LogP contribution < -0.4 is 9.64 Å². The van der Waals surface area contributed by atoms with Crippen LogP contribution in [0.4, 0.5) is 14.5 Å². The third-order valence-corrected chi connectivity index (χ3v) is 4.68. The highest BCUT2D eigenvalue weighted by atomic mass is 79.9. The number of benzene rings is 1. The van der Waals surface area contributed by atoms with E-state index in [0.717, 1.165) is 12.1 Å². The van der Waals surface area contributed by atoms with Crippen molar-refractivity contribution in [2.24, 2.45) is 0 Å². The van der Waals surface area contributed by atoms with Crippen molar-refractivity contribution < 1.29 is 18.3 Å². The summed E-state index contributed by atoms with van der Waals surface area (Å²) >= 11 is 3.31. The number of anilines is 1. The molecule has 0 fully saturated rings. The summed E-state index contributed by atoms with van der Waals surface area (Å²) in [5, 5.41) is 0. The number of aryl methyl sites for hydroxylation is 1. The molecule has 1 atom stereocenters. The maximum absolute atomic E-state index is 14.1. The minimum Gasteiger partial charge on any atom is -0.476 e. The molecule has 0 radical (unpaired) electrons. The van der Waals surface area contributed by atoms with Gasteiger partial charge in [-0.15, -0.1) is 0 Å². The second kappa shape index (κ2) is 6.01. The van der Waals surface area contributed by atoms with Crippen LogP contribution >= 0.6 is 15.9 Å². The summed E-state index contributed by atoms with van der Waals surface area (Å²) in [5.41, 5.74) is 2.07. The molecule has 0 saturated heterocycles. The lowest BCUT2D eigenvalue weighted by atomic mass is 10.1. The average molecular weight is 423 g/mol. The van der Waals surface area contributed by atoms with E-state index in [1.165, 1.54) is 11.8 Å². The number of halogens is 3. The summed E-state index contributed by atoms with van der Waals surface area (Å²) in [7, 11) is 0. The summed E-state index contributed by atoms with van der Waals surface area (Å²) in [6, 6.07) is 1.83. The van der Waals surface area contributed by atoms with Crippen LogP contribution in [0.1, 0.15) is 18.3 Å². The Kier molecular flexibility index (Phi) is 3.91. The Morgan fingerprint density at radius 1 is 1.35 bits per heavy atom. The van der Waals surface area contributed by atoms with Crippen LogP contribution in [0.25, 0.3) is 5.65 Å². The van der Waals surface area contributed by atoms with Gasteiger partial charge in [0.2, 0.25) is 0 Å². The fourth-order valence-corrected chi connectivity index (χ4v) is 3.34. The maximum Gasteiger partial charge on any atom is 0.268 e. The van der Waals surface area contributed by atoms with Crippen LogP contribution in [-0.4, -0.2) is 26.4 Å². The van der Waals surface area contributed by atoms with Crippen LogP contribution in [-0.2, 0) is 11.3 Å². The molecule has 2 aromatic heterocycles. The normalized spacial score (nSPS) is 16.7. The highest BCUT2D eigenvalue weighted by Crippen LogP contribution is 2.38. The zero-order valence-electron chi connectivity index (χ0n) is 13.8. The molecule has 0 aliphatic carbocycles. The molecule has 3 heterocycles. The predicted molar refractivity (Wildman–Crippen MR) is 93.1 cm³/mol. The summed E-state index contributed by atoms with van der Waals surface area (Å²) in [6.45, 7) is 3.42. The minimum atomic E-state index is -0.879. The van der Waals surface area contributed by atoms with Gasteiger partial charge in [0.05, 0.1) is 29.8 Å². The largest absolute Gasteiger partial charge is 0.476 e. The number of ether oxygens (including phenoxy) is 1. The fourth-order valence-electron chi connectivity index (χ4n) is 3.03. The van der Waals surface area contributed by atoms with Gasteiger partial charge in [0.1, 0.15) is 10.4 Å². The number of hydrogen-bond donors (Lipinski definition) is 0. The zero-order chi connectivity index (χ0) is 18.6. The van der Waals surface area contributed by atoms with Crippen molar-refractivity contribution in [3.8, 4) is 5.75 Å². The Morgan fingerprint density at radius 2 is 2.12 bits per heavy atom. The van der Waals surface area contributed by atoms with Crippen LogP contribution in [0.3, 0.4) is 0 Å². The second-order valence-electron chi connectivity index (χ2n) is 6.00. The number of imidazole rings is 1. The van der Waals surface area contributed by atoms with Crippen LogP contribution in [0, 0.1) is 18.6 Å². The van der Waals surface area contributed by atoms with E-state index in [1.54, 1.807) is 23.7 Å². The Morgan fingerprint density at radius 3 is 2.88 bits per heavy atom. The van der Waals surface area contributed by atoms with Gasteiger partial charge in [0.25, 0.3) is 5.91 Å². The average Bonchev–Trinajstić information content (AvgIpc) is 2.88. The van der Waals surface area contributed by atoms with E-state index < -0.39 is 17.7 Å². The molecule has 3 aromatic rings. The van der Waals surface area contributed by atoms with E-state index in [1.807, 2.05) is 0 Å². The van der Waals surface area contributed by atoms with Gasteiger partial charge >= 0.3 is 0 Å². The summed E-state index contributed by atoms with van der Waals surface area (Å²) < 4.78 is 35.6. The second-order valence-corrected chi connectivity index (χ2v) is 6.81. The Hall–Kier alpha value is -2.55. The molecule has 26 heavy (non-hydrogen) atoms.